The lowest BCUT2D eigenvalue weighted by Crippen LogP contribution is -2.11. The van der Waals surface area contributed by atoms with E-state index in [2.05, 4.69) is 167 Å². The first kappa shape index (κ1) is 30.4. The van der Waals surface area contributed by atoms with Gasteiger partial charge in [0.2, 0.25) is 0 Å². The number of aromatic nitrogens is 2. The summed E-state index contributed by atoms with van der Waals surface area (Å²) in [6, 6.07) is 67.9. The van der Waals surface area contributed by atoms with Gasteiger partial charge in [0.1, 0.15) is 7.80 Å². The smallest absolute Gasteiger partial charge is 0.133 e. The quantitative estimate of drug-likeness (QED) is 0.160. The largest absolute Gasteiger partial charge is 0.317 e. The second-order valence-electron chi connectivity index (χ2n) is 13.3. The number of nitrogens with zero attached hydrogens (tertiary/aromatic N) is 2. The van der Waals surface area contributed by atoms with Crippen LogP contribution >= 0.6 is 7.80 Å². The van der Waals surface area contributed by atoms with E-state index in [-0.39, 0.29) is 0 Å². The molecule has 2 aromatic heterocycles. The third-order valence-electron chi connectivity index (χ3n) is 10.4. The lowest BCUT2D eigenvalue weighted by molar-refractivity contribution is 0.598. The fourth-order valence-electron chi connectivity index (χ4n) is 7.99. The summed E-state index contributed by atoms with van der Waals surface area (Å²) in [5.74, 6) is 0. The van der Waals surface area contributed by atoms with E-state index in [1.54, 1.807) is 0 Å². The number of hydrogen-bond acceptors (Lipinski definition) is 1. The SMILES string of the molecule is O=[PH](c1ccccc1-c1ccc(-n2c3ccccc3c3ccccc32)cc1)c1ccccc1-c1ccc(-n2c3ccccc3c3ccccc32)cc1. The van der Waals surface area contributed by atoms with E-state index >= 15 is 0 Å². The predicted molar refractivity (Wildman–Crippen MR) is 221 cm³/mol. The van der Waals surface area contributed by atoms with Crippen LogP contribution < -0.4 is 10.6 Å². The van der Waals surface area contributed by atoms with Gasteiger partial charge < -0.3 is 13.7 Å². The molecule has 0 aliphatic rings. The average molecular weight is 685 g/mol. The molecule has 0 fully saturated rings. The maximum Gasteiger partial charge on any atom is 0.133 e. The summed E-state index contributed by atoms with van der Waals surface area (Å²) in [6.45, 7) is 0. The fourth-order valence-corrected chi connectivity index (χ4v) is 9.72. The van der Waals surface area contributed by atoms with Crippen LogP contribution in [0.4, 0.5) is 0 Å². The van der Waals surface area contributed by atoms with Crippen molar-refractivity contribution >= 4 is 62.0 Å². The number of hydrogen-bond donors (Lipinski definition) is 0. The summed E-state index contributed by atoms with van der Waals surface area (Å²) in [6.07, 6.45) is 0. The molecule has 0 atom stereocenters. The number of para-hydroxylation sites is 4. The van der Waals surface area contributed by atoms with Gasteiger partial charge in [0, 0.05) is 43.5 Å². The number of rotatable bonds is 6. The molecule has 0 N–H and O–H groups in total. The van der Waals surface area contributed by atoms with Crippen molar-refractivity contribution in [2.24, 2.45) is 0 Å². The van der Waals surface area contributed by atoms with E-state index < -0.39 is 7.80 Å². The molecule has 10 aromatic rings. The lowest BCUT2D eigenvalue weighted by atomic mass is 10.0. The van der Waals surface area contributed by atoms with Gasteiger partial charge >= 0.3 is 0 Å². The molecule has 0 saturated carbocycles. The van der Waals surface area contributed by atoms with Gasteiger partial charge in [-0.3, -0.25) is 0 Å². The van der Waals surface area contributed by atoms with Crippen LogP contribution in [0, 0.1) is 0 Å². The normalized spacial score (nSPS) is 11.7. The summed E-state index contributed by atoms with van der Waals surface area (Å²) in [5.41, 5.74) is 11.0. The molecule has 0 radical (unpaired) electrons. The monoisotopic (exact) mass is 684 g/mol. The van der Waals surface area contributed by atoms with Crippen molar-refractivity contribution in [2.75, 3.05) is 0 Å². The van der Waals surface area contributed by atoms with Gasteiger partial charge in [0.25, 0.3) is 0 Å². The fraction of sp³-hybridized carbons (Fsp3) is 0. The first-order chi connectivity index (χ1) is 25.7. The Balaban J connectivity index is 1.01. The van der Waals surface area contributed by atoms with Gasteiger partial charge in [-0.1, -0.05) is 146 Å². The Morgan fingerprint density at radius 2 is 0.596 bits per heavy atom. The summed E-state index contributed by atoms with van der Waals surface area (Å²) in [5, 5.41) is 6.70. The zero-order valence-corrected chi connectivity index (χ0v) is 29.3. The Labute approximate surface area is 302 Å². The van der Waals surface area contributed by atoms with Crippen LogP contribution in [0.25, 0.3) is 77.2 Å². The molecule has 246 valence electrons. The summed E-state index contributed by atoms with van der Waals surface area (Å²) < 4.78 is 19.4. The molecule has 0 aliphatic carbocycles. The van der Waals surface area contributed by atoms with E-state index in [1.165, 1.54) is 43.6 Å². The highest BCUT2D eigenvalue weighted by Gasteiger charge is 2.18. The maximum absolute atomic E-state index is 14.7. The average Bonchev–Trinajstić information content (AvgIpc) is 3.74. The zero-order valence-electron chi connectivity index (χ0n) is 28.3. The molecule has 0 saturated heterocycles. The minimum Gasteiger partial charge on any atom is -0.317 e. The molecule has 2 heterocycles. The lowest BCUT2D eigenvalue weighted by Gasteiger charge is -2.15. The van der Waals surface area contributed by atoms with Crippen molar-refractivity contribution in [3.63, 3.8) is 0 Å². The van der Waals surface area contributed by atoms with Crippen LogP contribution in [0.3, 0.4) is 0 Å². The molecule has 0 amide bonds. The van der Waals surface area contributed by atoms with Crippen LogP contribution in [0.5, 0.6) is 0 Å². The molecule has 0 spiro atoms. The number of benzene rings is 8. The van der Waals surface area contributed by atoms with Crippen molar-refractivity contribution in [2.45, 2.75) is 0 Å². The van der Waals surface area contributed by atoms with Crippen LogP contribution in [0.15, 0.2) is 194 Å². The highest BCUT2D eigenvalue weighted by molar-refractivity contribution is 7.62. The van der Waals surface area contributed by atoms with Crippen molar-refractivity contribution in [1.29, 1.82) is 0 Å². The van der Waals surface area contributed by atoms with Crippen molar-refractivity contribution < 1.29 is 4.57 Å². The highest BCUT2D eigenvalue weighted by Crippen LogP contribution is 2.36. The van der Waals surface area contributed by atoms with E-state index in [1.807, 2.05) is 36.4 Å². The molecule has 52 heavy (non-hydrogen) atoms. The van der Waals surface area contributed by atoms with Gasteiger partial charge in [-0.25, -0.2) is 0 Å². The Morgan fingerprint density at radius 1 is 0.308 bits per heavy atom. The van der Waals surface area contributed by atoms with Gasteiger partial charge in [-0.05, 0) is 70.8 Å². The molecular weight excluding hydrogens is 652 g/mol. The molecule has 10 rings (SSSR count). The molecule has 8 aromatic carbocycles. The molecule has 3 nitrogen and oxygen atoms in total. The Bertz CT molecular complexity index is 2660. The maximum atomic E-state index is 14.7. The first-order valence-corrected chi connectivity index (χ1v) is 19.1. The van der Waals surface area contributed by atoms with Crippen LogP contribution in [-0.2, 0) is 4.57 Å². The third kappa shape index (κ3) is 4.86. The van der Waals surface area contributed by atoms with Gasteiger partial charge in [0.15, 0.2) is 0 Å². The molecular formula is C48H33N2OP. The standard InChI is InChI=1S/C48H33N2OP/c51-52(47-23-11-5-13-37(47)33-25-29-35(30-26-33)49-43-19-7-1-15-39(43)40-16-2-8-20-44(40)49)48-24-12-6-14-38(48)34-27-31-36(32-28-34)50-45-21-9-3-17-41(45)42-18-4-10-22-46(42)50/h1-32,52H. The molecule has 4 heteroatoms. The van der Waals surface area contributed by atoms with Crippen molar-refractivity contribution in [3.8, 4) is 33.6 Å². The minimum atomic E-state index is -2.38. The van der Waals surface area contributed by atoms with Crippen LogP contribution in [-0.4, -0.2) is 9.13 Å². The second-order valence-corrected chi connectivity index (χ2v) is 15.0. The van der Waals surface area contributed by atoms with Gasteiger partial charge in [-0.2, -0.15) is 0 Å². The second kappa shape index (κ2) is 12.4. The summed E-state index contributed by atoms with van der Waals surface area (Å²) in [4.78, 5) is 0. The highest BCUT2D eigenvalue weighted by atomic mass is 31.1. The van der Waals surface area contributed by atoms with E-state index in [4.69, 9.17) is 0 Å². The minimum absolute atomic E-state index is 0.867. The molecule has 0 unspecified atom stereocenters. The number of fused-ring (bicyclic) bond motifs is 6. The summed E-state index contributed by atoms with van der Waals surface area (Å²) >= 11 is 0. The topological polar surface area (TPSA) is 26.9 Å². The molecule has 0 aliphatic heterocycles. The van der Waals surface area contributed by atoms with Crippen molar-refractivity contribution in [3.05, 3.63) is 194 Å². The Hall–Kier alpha value is -6.41. The molecule has 0 bridgehead atoms. The Morgan fingerprint density at radius 3 is 0.942 bits per heavy atom. The van der Waals surface area contributed by atoms with Crippen molar-refractivity contribution in [1.82, 2.24) is 9.13 Å². The third-order valence-corrected chi connectivity index (χ3v) is 12.2. The van der Waals surface area contributed by atoms with E-state index in [0.29, 0.717) is 0 Å². The van der Waals surface area contributed by atoms with Crippen LogP contribution in [0.2, 0.25) is 0 Å². The zero-order chi connectivity index (χ0) is 34.6. The first-order valence-electron chi connectivity index (χ1n) is 17.7. The Kier molecular flexibility index (Phi) is 7.27. The van der Waals surface area contributed by atoms with Gasteiger partial charge in [0.05, 0.1) is 22.1 Å². The summed E-state index contributed by atoms with van der Waals surface area (Å²) in [7, 11) is -2.38. The van der Waals surface area contributed by atoms with Gasteiger partial charge in [-0.15, -0.1) is 0 Å². The predicted octanol–water partition coefficient (Wildman–Crippen LogP) is 11.7. The van der Waals surface area contributed by atoms with E-state index in [9.17, 15) is 4.57 Å². The van der Waals surface area contributed by atoms with Crippen LogP contribution in [0.1, 0.15) is 0 Å². The van der Waals surface area contributed by atoms with E-state index in [0.717, 1.165) is 44.2 Å².